The van der Waals surface area contributed by atoms with Gasteiger partial charge in [-0.05, 0) is 11.1 Å². The molecule has 15 heteroatoms. The van der Waals surface area contributed by atoms with E-state index < -0.39 is 88.1 Å². The molecule has 2 unspecified atom stereocenters. The van der Waals surface area contributed by atoms with Crippen LogP contribution >= 0.6 is 0 Å². The van der Waals surface area contributed by atoms with Gasteiger partial charge in [0.1, 0.15) is 0 Å². The van der Waals surface area contributed by atoms with Crippen molar-refractivity contribution in [2.75, 3.05) is 0 Å². The van der Waals surface area contributed by atoms with Crippen molar-refractivity contribution < 1.29 is 78.5 Å². The van der Waals surface area contributed by atoms with Gasteiger partial charge in [-0.2, -0.15) is 0 Å². The molecule has 4 rings (SSSR count). The minimum atomic E-state index is -1.91. The number of amides is 4. The fourth-order valence-electron chi connectivity index (χ4n) is 6.05. The van der Waals surface area contributed by atoms with Crippen LogP contribution in [0.1, 0.15) is 78.4 Å². The van der Waals surface area contributed by atoms with Crippen LogP contribution < -0.4 is 21.2 Å². The van der Waals surface area contributed by atoms with Gasteiger partial charge in [-0.15, -0.1) is 0 Å². The second-order valence-corrected chi connectivity index (χ2v) is 16.7. The standard InChI is InChI=1S/C40H44IN2O12/c1-25(52-35(48)29-17-31(44)42(32(45)18-29)23-27-13-9-7-10-14-27)21-40(5,6)55-38(51)41-37(50)53-26(2)22-39(3,4)54-36(49)30-19-33(46)43(34(47)20-30)24-28-15-11-8-12-16-28/h7-17,19,25-26H,18,20-24H2,1-6H3/q-1. The zero-order valence-corrected chi connectivity index (χ0v) is 33.7. The molecule has 0 N–H and O–H groups in total. The molecule has 0 spiro atoms. The number of esters is 2. The van der Waals surface area contributed by atoms with Gasteiger partial charge in [0.15, 0.2) is 0 Å². The van der Waals surface area contributed by atoms with E-state index in [1.165, 1.54) is 0 Å². The number of nitrogens with zero attached hydrogens (tertiary/aromatic N) is 2. The minimum absolute atomic E-state index is 0.0473. The fraction of sp³-hybridized carbons (Fsp3) is 0.400. The van der Waals surface area contributed by atoms with Gasteiger partial charge in [0.2, 0.25) is 0 Å². The zero-order valence-electron chi connectivity index (χ0n) is 31.5. The van der Waals surface area contributed by atoms with Crippen molar-refractivity contribution in [2.24, 2.45) is 0 Å². The Kier molecular flexibility index (Phi) is 14.3. The van der Waals surface area contributed by atoms with Gasteiger partial charge in [0, 0.05) is 0 Å². The summed E-state index contributed by atoms with van der Waals surface area (Å²) >= 11 is -1.91. The molecule has 0 bridgehead atoms. The van der Waals surface area contributed by atoms with Crippen LogP contribution in [0.5, 0.6) is 0 Å². The number of benzene rings is 2. The molecule has 2 aliphatic rings. The van der Waals surface area contributed by atoms with E-state index >= 15 is 0 Å². The number of rotatable bonds is 16. The molecular weight excluding hydrogens is 827 g/mol. The van der Waals surface area contributed by atoms with E-state index in [0.717, 1.165) is 33.1 Å². The topological polar surface area (TPSA) is 180 Å². The van der Waals surface area contributed by atoms with Crippen LogP contribution in [0.25, 0.3) is 0 Å². The normalized spacial score (nSPS) is 16.2. The number of imide groups is 2. The summed E-state index contributed by atoms with van der Waals surface area (Å²) in [6.07, 6.45) is 0.0997. The number of ether oxygens (including phenoxy) is 4. The van der Waals surface area contributed by atoms with Gasteiger partial charge in [-0.1, -0.05) is 60.7 Å². The number of carbonyl (C=O) groups excluding carboxylic acids is 8. The van der Waals surface area contributed by atoms with Gasteiger partial charge in [-0.3, -0.25) is 0 Å². The molecule has 2 atom stereocenters. The molecule has 0 aromatic heterocycles. The van der Waals surface area contributed by atoms with Crippen molar-refractivity contribution in [3.63, 3.8) is 0 Å². The summed E-state index contributed by atoms with van der Waals surface area (Å²) < 4.78 is 20.4. The van der Waals surface area contributed by atoms with E-state index in [4.69, 9.17) is 18.9 Å². The first kappa shape index (κ1) is 42.6. The molecule has 0 radical (unpaired) electrons. The summed E-state index contributed by atoms with van der Waals surface area (Å²) in [6.45, 7) is 9.65. The quantitative estimate of drug-likeness (QED) is 0.0792. The van der Waals surface area contributed by atoms with Gasteiger partial charge in [0.05, 0.1) is 0 Å². The fourth-order valence-corrected chi connectivity index (χ4v) is 7.68. The number of hydrogen-bond donors (Lipinski definition) is 0. The van der Waals surface area contributed by atoms with Crippen LogP contribution in [0.15, 0.2) is 84.0 Å². The molecule has 2 aromatic carbocycles. The average molecular weight is 872 g/mol. The number of hydrogen-bond acceptors (Lipinski definition) is 12. The Bertz CT molecular complexity index is 1890. The van der Waals surface area contributed by atoms with Crippen molar-refractivity contribution in [3.8, 4) is 0 Å². The molecular formula is C40H44IN2O12-. The molecule has 2 heterocycles. The first-order chi connectivity index (χ1) is 25.8. The Labute approximate surface area is 329 Å². The predicted octanol–water partition coefficient (Wildman–Crippen LogP) is 2.32. The molecule has 55 heavy (non-hydrogen) atoms. The zero-order chi connectivity index (χ0) is 40.5. The third-order valence-corrected chi connectivity index (χ3v) is 9.70. The number of carbonyl (C=O) groups is 8. The van der Waals surface area contributed by atoms with Gasteiger partial charge < -0.3 is 0 Å². The Morgan fingerprint density at radius 3 is 1.49 bits per heavy atom. The summed E-state index contributed by atoms with van der Waals surface area (Å²) in [7, 11) is 0. The van der Waals surface area contributed by atoms with Crippen LogP contribution in [-0.2, 0) is 60.8 Å². The Balaban J connectivity index is 1.19. The molecule has 294 valence electrons. The van der Waals surface area contributed by atoms with Crippen molar-refractivity contribution in [1.82, 2.24) is 9.80 Å². The molecule has 2 aromatic rings. The van der Waals surface area contributed by atoms with Crippen LogP contribution in [0.2, 0.25) is 0 Å². The predicted molar refractivity (Wildman–Crippen MR) is 191 cm³/mol. The molecule has 0 saturated carbocycles. The molecule has 4 amide bonds. The van der Waals surface area contributed by atoms with Gasteiger partial charge in [-0.25, -0.2) is 0 Å². The summed E-state index contributed by atoms with van der Waals surface area (Å²) in [5.41, 5.74) is -0.965. The molecule has 14 nitrogen and oxygen atoms in total. The van der Waals surface area contributed by atoms with Gasteiger partial charge in [0.25, 0.3) is 0 Å². The van der Waals surface area contributed by atoms with Crippen molar-refractivity contribution >= 4 is 43.5 Å². The van der Waals surface area contributed by atoms with E-state index in [1.807, 2.05) is 12.1 Å². The maximum absolute atomic E-state index is 12.9. The Morgan fingerprint density at radius 2 is 1.04 bits per heavy atom. The first-order valence-electron chi connectivity index (χ1n) is 17.5. The third-order valence-electron chi connectivity index (χ3n) is 8.34. The van der Waals surface area contributed by atoms with E-state index in [1.54, 1.807) is 90.1 Å². The van der Waals surface area contributed by atoms with Crippen LogP contribution in [0.3, 0.4) is 0 Å². The van der Waals surface area contributed by atoms with Crippen LogP contribution in [0, 0.1) is 0 Å². The number of halogens is 1. The monoisotopic (exact) mass is 871 g/mol. The van der Waals surface area contributed by atoms with Crippen molar-refractivity contribution in [2.45, 2.75) is 104 Å². The summed E-state index contributed by atoms with van der Waals surface area (Å²) in [4.78, 5) is 104. The van der Waals surface area contributed by atoms with E-state index in [2.05, 4.69) is 0 Å². The maximum atomic E-state index is 12.9. The van der Waals surface area contributed by atoms with E-state index in [9.17, 15) is 38.4 Å². The van der Waals surface area contributed by atoms with Crippen LogP contribution in [-0.4, -0.2) is 76.7 Å². The SMILES string of the molecule is CC(CC(C)(C)OC(=O)C1=CC(=O)N(Cc2ccccc2)C(=O)C1)OC(=O)[I-]C(=O)OC(C)(C)CC(C)OC(=O)C1=CC(=O)N(Cc2ccccc2)C(=O)C1. The van der Waals surface area contributed by atoms with Crippen molar-refractivity contribution in [3.05, 3.63) is 95.1 Å². The molecule has 2 aliphatic heterocycles. The van der Waals surface area contributed by atoms with Crippen molar-refractivity contribution in [1.29, 1.82) is 0 Å². The second kappa shape index (κ2) is 18.4. The third kappa shape index (κ3) is 13.0. The van der Waals surface area contributed by atoms with Gasteiger partial charge >= 0.3 is 259 Å². The Morgan fingerprint density at radius 1 is 0.618 bits per heavy atom. The average Bonchev–Trinajstić information content (AvgIpc) is 3.07. The second-order valence-electron chi connectivity index (χ2n) is 14.4. The molecule has 0 aliphatic carbocycles. The molecule has 0 fully saturated rings. The van der Waals surface area contributed by atoms with E-state index in [-0.39, 0.29) is 49.9 Å². The Hall–Kier alpha value is -5.19. The first-order valence-corrected chi connectivity index (χ1v) is 19.7. The summed E-state index contributed by atoms with van der Waals surface area (Å²) in [5.74, 6) is -3.98. The van der Waals surface area contributed by atoms with E-state index in [0.29, 0.717) is 0 Å². The summed E-state index contributed by atoms with van der Waals surface area (Å²) in [5, 5.41) is 0. The summed E-state index contributed by atoms with van der Waals surface area (Å²) in [6, 6.07) is 18.0. The molecule has 0 saturated heterocycles. The van der Waals surface area contributed by atoms with Crippen LogP contribution in [0.4, 0.5) is 9.59 Å².